The normalized spacial score (nSPS) is 11.7. The van der Waals surface area contributed by atoms with E-state index in [2.05, 4.69) is 20.7 Å². The molecule has 1 aromatic rings. The molecule has 0 saturated heterocycles. The van der Waals surface area contributed by atoms with Gasteiger partial charge >= 0.3 is 0 Å². The Labute approximate surface area is 120 Å². The first kappa shape index (κ1) is 16.5. The van der Waals surface area contributed by atoms with Crippen molar-refractivity contribution < 1.29 is 22.7 Å². The fourth-order valence-corrected chi connectivity index (χ4v) is 2.61. The molecule has 19 heavy (non-hydrogen) atoms. The Morgan fingerprint density at radius 3 is 2.74 bits per heavy atom. The van der Waals surface area contributed by atoms with Gasteiger partial charge in [-0.1, -0.05) is 0 Å². The number of aliphatic hydroxyl groups excluding tert-OH is 1. The number of halogens is 2. The Morgan fingerprint density at radius 2 is 2.11 bits per heavy atom. The first-order valence-electron chi connectivity index (χ1n) is 5.60. The molecule has 5 nitrogen and oxygen atoms in total. The van der Waals surface area contributed by atoms with Crippen molar-refractivity contribution in [2.45, 2.75) is 11.3 Å². The number of rotatable bonds is 8. The summed E-state index contributed by atoms with van der Waals surface area (Å²) in [4.78, 5) is -0.121. The summed E-state index contributed by atoms with van der Waals surface area (Å²) in [5.74, 6) is -0.630. The highest BCUT2D eigenvalue weighted by atomic mass is 79.9. The van der Waals surface area contributed by atoms with E-state index in [1.54, 1.807) is 0 Å². The minimum Gasteiger partial charge on any atom is -0.394 e. The van der Waals surface area contributed by atoms with Gasteiger partial charge in [0.15, 0.2) is 0 Å². The molecule has 0 amide bonds. The van der Waals surface area contributed by atoms with Crippen LogP contribution in [-0.4, -0.2) is 39.9 Å². The molecule has 0 radical (unpaired) electrons. The van der Waals surface area contributed by atoms with Crippen molar-refractivity contribution in [3.05, 3.63) is 28.5 Å². The minimum absolute atomic E-state index is 0.0656. The lowest BCUT2D eigenvalue weighted by molar-refractivity contribution is 0.0913. The van der Waals surface area contributed by atoms with Crippen LogP contribution in [0, 0.1) is 5.82 Å². The average molecular weight is 356 g/mol. The number of hydrogen-bond donors (Lipinski definition) is 2. The van der Waals surface area contributed by atoms with Crippen LogP contribution in [0.25, 0.3) is 0 Å². The second-order valence-corrected chi connectivity index (χ2v) is 6.28. The third kappa shape index (κ3) is 5.53. The SMILES string of the molecule is O=S(=O)(NCCCOCCO)c1ccc(Br)c(F)c1. The largest absolute Gasteiger partial charge is 0.394 e. The fourth-order valence-electron chi connectivity index (χ4n) is 1.27. The van der Waals surface area contributed by atoms with Crippen molar-refractivity contribution in [2.75, 3.05) is 26.4 Å². The molecule has 0 spiro atoms. The van der Waals surface area contributed by atoms with Gasteiger partial charge < -0.3 is 9.84 Å². The summed E-state index contributed by atoms with van der Waals surface area (Å²) in [6, 6.07) is 3.61. The summed E-state index contributed by atoms with van der Waals surface area (Å²) in [6.45, 7) is 0.692. The second kappa shape index (κ2) is 7.91. The van der Waals surface area contributed by atoms with Crippen LogP contribution in [0.5, 0.6) is 0 Å². The van der Waals surface area contributed by atoms with E-state index in [-0.39, 0.29) is 29.1 Å². The van der Waals surface area contributed by atoms with Gasteiger partial charge in [-0.05, 0) is 40.5 Å². The quantitative estimate of drug-likeness (QED) is 0.688. The zero-order chi connectivity index (χ0) is 14.3. The molecule has 0 aliphatic rings. The molecule has 1 aromatic carbocycles. The summed E-state index contributed by atoms with van der Waals surface area (Å²) < 4.78 is 44.4. The van der Waals surface area contributed by atoms with E-state index >= 15 is 0 Å². The fraction of sp³-hybridized carbons (Fsp3) is 0.455. The predicted octanol–water partition coefficient (Wildman–Crippen LogP) is 1.27. The van der Waals surface area contributed by atoms with Gasteiger partial charge in [0.1, 0.15) is 5.82 Å². The third-order valence-electron chi connectivity index (χ3n) is 2.19. The second-order valence-electron chi connectivity index (χ2n) is 3.66. The number of sulfonamides is 1. The zero-order valence-corrected chi connectivity index (χ0v) is 12.5. The van der Waals surface area contributed by atoms with E-state index in [1.807, 2.05) is 0 Å². The van der Waals surface area contributed by atoms with Crippen LogP contribution < -0.4 is 4.72 Å². The summed E-state index contributed by atoms with van der Waals surface area (Å²) in [5, 5.41) is 8.47. The van der Waals surface area contributed by atoms with Gasteiger partial charge in [-0.25, -0.2) is 17.5 Å². The highest BCUT2D eigenvalue weighted by Gasteiger charge is 2.14. The van der Waals surface area contributed by atoms with E-state index in [9.17, 15) is 12.8 Å². The molecule has 0 saturated carbocycles. The summed E-state index contributed by atoms with van der Waals surface area (Å²) in [5.41, 5.74) is 0. The Morgan fingerprint density at radius 1 is 1.37 bits per heavy atom. The van der Waals surface area contributed by atoms with Gasteiger partial charge in [-0.3, -0.25) is 0 Å². The summed E-state index contributed by atoms with van der Waals surface area (Å²) in [6.07, 6.45) is 0.470. The lowest BCUT2D eigenvalue weighted by Crippen LogP contribution is -2.25. The predicted molar refractivity (Wildman–Crippen MR) is 71.8 cm³/mol. The van der Waals surface area contributed by atoms with Gasteiger partial charge in [0.05, 0.1) is 22.6 Å². The van der Waals surface area contributed by atoms with Crippen LogP contribution in [0.1, 0.15) is 6.42 Å². The highest BCUT2D eigenvalue weighted by molar-refractivity contribution is 9.10. The molecule has 0 aromatic heterocycles. The topological polar surface area (TPSA) is 75.6 Å². The number of aliphatic hydroxyl groups is 1. The lowest BCUT2D eigenvalue weighted by atomic mass is 10.3. The number of nitrogens with one attached hydrogen (secondary N) is 1. The van der Waals surface area contributed by atoms with Crippen molar-refractivity contribution in [1.82, 2.24) is 4.72 Å². The van der Waals surface area contributed by atoms with Crippen LogP contribution >= 0.6 is 15.9 Å². The van der Waals surface area contributed by atoms with E-state index in [0.717, 1.165) is 6.07 Å². The maximum atomic E-state index is 13.3. The van der Waals surface area contributed by atoms with Gasteiger partial charge in [0.25, 0.3) is 0 Å². The molecule has 0 unspecified atom stereocenters. The molecular weight excluding hydrogens is 341 g/mol. The van der Waals surface area contributed by atoms with Gasteiger partial charge in [-0.2, -0.15) is 0 Å². The van der Waals surface area contributed by atoms with Crippen molar-refractivity contribution in [3.8, 4) is 0 Å². The molecule has 108 valence electrons. The monoisotopic (exact) mass is 355 g/mol. The summed E-state index contributed by atoms with van der Waals surface area (Å²) >= 11 is 2.96. The Bertz CT molecular complexity index is 509. The highest BCUT2D eigenvalue weighted by Crippen LogP contribution is 2.19. The Balaban J connectivity index is 2.49. The van der Waals surface area contributed by atoms with E-state index in [4.69, 9.17) is 9.84 Å². The number of benzene rings is 1. The van der Waals surface area contributed by atoms with Crippen LogP contribution in [0.3, 0.4) is 0 Å². The smallest absolute Gasteiger partial charge is 0.240 e. The summed E-state index contributed by atoms with van der Waals surface area (Å²) in [7, 11) is -3.71. The van der Waals surface area contributed by atoms with Crippen LogP contribution in [0.4, 0.5) is 4.39 Å². The van der Waals surface area contributed by atoms with Crippen LogP contribution in [-0.2, 0) is 14.8 Å². The van der Waals surface area contributed by atoms with Gasteiger partial charge in [0, 0.05) is 13.2 Å². The molecule has 1 rings (SSSR count). The Hall–Kier alpha value is -0.540. The van der Waals surface area contributed by atoms with Crippen molar-refractivity contribution >= 4 is 26.0 Å². The number of ether oxygens (including phenoxy) is 1. The molecular formula is C11H15BrFNO4S. The number of hydrogen-bond acceptors (Lipinski definition) is 4. The van der Waals surface area contributed by atoms with E-state index in [1.165, 1.54) is 12.1 Å². The Kier molecular flexibility index (Phi) is 6.87. The van der Waals surface area contributed by atoms with Crippen molar-refractivity contribution in [3.63, 3.8) is 0 Å². The molecule has 8 heteroatoms. The molecule has 0 fully saturated rings. The van der Waals surface area contributed by atoms with E-state index < -0.39 is 15.8 Å². The minimum atomic E-state index is -3.71. The van der Waals surface area contributed by atoms with Crippen LogP contribution in [0.2, 0.25) is 0 Å². The first-order chi connectivity index (χ1) is 8.97. The average Bonchev–Trinajstić information content (AvgIpc) is 2.36. The van der Waals surface area contributed by atoms with E-state index in [0.29, 0.717) is 13.0 Å². The zero-order valence-electron chi connectivity index (χ0n) is 10.1. The van der Waals surface area contributed by atoms with Crippen molar-refractivity contribution in [1.29, 1.82) is 0 Å². The van der Waals surface area contributed by atoms with Crippen molar-refractivity contribution in [2.24, 2.45) is 0 Å². The molecule has 0 aliphatic carbocycles. The third-order valence-corrected chi connectivity index (χ3v) is 4.30. The molecule has 0 atom stereocenters. The molecule has 0 bridgehead atoms. The molecule has 0 heterocycles. The standard InChI is InChI=1S/C11H15BrFNO4S/c12-10-3-2-9(8-11(10)13)19(16,17)14-4-1-6-18-7-5-15/h2-3,8,14-15H,1,4-7H2. The molecule has 0 aliphatic heterocycles. The van der Waals surface area contributed by atoms with Gasteiger partial charge in [0.2, 0.25) is 10.0 Å². The van der Waals surface area contributed by atoms with Gasteiger partial charge in [-0.15, -0.1) is 0 Å². The maximum absolute atomic E-state index is 13.3. The van der Waals surface area contributed by atoms with Crippen LogP contribution in [0.15, 0.2) is 27.6 Å². The first-order valence-corrected chi connectivity index (χ1v) is 7.88. The molecule has 2 N–H and O–H groups in total. The lowest BCUT2D eigenvalue weighted by Gasteiger charge is -2.07. The maximum Gasteiger partial charge on any atom is 0.240 e.